The Balaban J connectivity index is 1.68. The molecule has 0 fully saturated rings. The maximum Gasteiger partial charge on any atom is 0.205 e. The minimum absolute atomic E-state index is 0.0233. The van der Waals surface area contributed by atoms with Gasteiger partial charge in [-0.3, -0.25) is 4.79 Å². The second kappa shape index (κ2) is 8.18. The van der Waals surface area contributed by atoms with Crippen LogP contribution in [0.25, 0.3) is 0 Å². The summed E-state index contributed by atoms with van der Waals surface area (Å²) in [5.41, 5.74) is 7.82. The Hall–Kier alpha value is -2.56. The molecule has 1 aromatic heterocycles. The summed E-state index contributed by atoms with van der Waals surface area (Å²) in [6, 6.07) is 11.9. The minimum Gasteiger partial charge on any atom is -0.489 e. The van der Waals surface area contributed by atoms with Crippen molar-refractivity contribution in [2.24, 2.45) is 11.1 Å². The van der Waals surface area contributed by atoms with Crippen molar-refractivity contribution in [2.45, 2.75) is 46.1 Å². The largest absolute Gasteiger partial charge is 0.489 e. The molecule has 0 spiro atoms. The van der Waals surface area contributed by atoms with Gasteiger partial charge in [-0.25, -0.2) is 0 Å². The van der Waals surface area contributed by atoms with E-state index in [2.05, 4.69) is 22.0 Å². The first-order valence-corrected chi connectivity index (χ1v) is 11.6. The van der Waals surface area contributed by atoms with Crippen molar-refractivity contribution in [1.29, 1.82) is 5.26 Å². The van der Waals surface area contributed by atoms with Gasteiger partial charge in [0.1, 0.15) is 29.8 Å². The molecule has 0 saturated heterocycles. The zero-order valence-corrected chi connectivity index (χ0v) is 20.0. The Morgan fingerprint density at radius 3 is 2.71 bits per heavy atom. The number of ether oxygens (including phenoxy) is 2. The van der Waals surface area contributed by atoms with E-state index in [1.54, 1.807) is 11.3 Å². The number of ketones is 1. The molecule has 4 rings (SSSR count). The summed E-state index contributed by atoms with van der Waals surface area (Å²) < 4.78 is 12.7. The Bertz CT molecular complexity index is 1150. The zero-order chi connectivity index (χ0) is 22.3. The fourth-order valence-electron chi connectivity index (χ4n) is 4.09. The summed E-state index contributed by atoms with van der Waals surface area (Å²) >= 11 is 4.99. The predicted octanol–water partition coefficient (Wildman–Crippen LogP) is 5.85. The van der Waals surface area contributed by atoms with Gasteiger partial charge in [0.2, 0.25) is 5.88 Å². The van der Waals surface area contributed by atoms with E-state index in [9.17, 15) is 10.1 Å². The molecule has 160 valence electrons. The fraction of sp³-hybridized carbons (Fsp3) is 0.333. The number of benzene rings is 1. The number of hydrogen-bond donors (Lipinski definition) is 1. The van der Waals surface area contributed by atoms with Crippen molar-refractivity contribution in [2.75, 3.05) is 0 Å². The predicted molar refractivity (Wildman–Crippen MR) is 123 cm³/mol. The lowest BCUT2D eigenvalue weighted by atomic mass is 9.71. The molecule has 0 amide bonds. The van der Waals surface area contributed by atoms with Crippen LogP contribution in [0.3, 0.4) is 0 Å². The average Bonchev–Trinajstić information content (AvgIpc) is 3.06. The maximum absolute atomic E-state index is 13.1. The van der Waals surface area contributed by atoms with Crippen LogP contribution in [0, 0.1) is 23.7 Å². The second-order valence-corrected chi connectivity index (χ2v) is 10.9. The van der Waals surface area contributed by atoms with E-state index < -0.39 is 5.92 Å². The number of rotatable bonds is 4. The molecule has 1 atom stereocenters. The summed E-state index contributed by atoms with van der Waals surface area (Å²) in [6.45, 7) is 6.51. The molecule has 0 saturated carbocycles. The summed E-state index contributed by atoms with van der Waals surface area (Å²) in [6.07, 6.45) is 1.04. The van der Waals surface area contributed by atoms with Gasteiger partial charge in [0.05, 0.1) is 5.92 Å². The van der Waals surface area contributed by atoms with Crippen molar-refractivity contribution < 1.29 is 14.3 Å². The van der Waals surface area contributed by atoms with Gasteiger partial charge in [0.25, 0.3) is 0 Å². The Morgan fingerprint density at radius 2 is 2.03 bits per heavy atom. The van der Waals surface area contributed by atoms with Gasteiger partial charge in [-0.05, 0) is 42.7 Å². The van der Waals surface area contributed by atoms with Gasteiger partial charge in [-0.2, -0.15) is 5.26 Å². The molecule has 1 aliphatic heterocycles. The number of nitrogens with zero attached hydrogens (tertiary/aromatic N) is 1. The summed E-state index contributed by atoms with van der Waals surface area (Å²) in [5, 5.41) is 9.80. The van der Waals surface area contributed by atoms with E-state index >= 15 is 0 Å². The average molecular weight is 499 g/mol. The number of halogens is 1. The highest BCUT2D eigenvalue weighted by molar-refractivity contribution is 9.10. The normalized spacial score (nSPS) is 20.2. The van der Waals surface area contributed by atoms with Crippen LogP contribution in [-0.2, 0) is 16.1 Å². The van der Waals surface area contributed by atoms with Crippen LogP contribution in [0.2, 0.25) is 0 Å². The third-order valence-electron chi connectivity index (χ3n) is 5.61. The lowest BCUT2D eigenvalue weighted by Gasteiger charge is -2.36. The SMILES string of the molecule is Cc1sc([C@H]2C(C#N)=C(N)OC3=C2C(=O)CC(C)(C)C3)cc1COc1ccc(Br)cc1. The highest BCUT2D eigenvalue weighted by Gasteiger charge is 2.43. The maximum atomic E-state index is 13.1. The highest BCUT2D eigenvalue weighted by Crippen LogP contribution is 2.49. The molecule has 2 N–H and O–H groups in total. The second-order valence-electron chi connectivity index (χ2n) is 8.68. The Kier molecular flexibility index (Phi) is 5.71. The monoisotopic (exact) mass is 498 g/mol. The van der Waals surface area contributed by atoms with E-state index in [0.717, 1.165) is 25.5 Å². The zero-order valence-electron chi connectivity index (χ0n) is 17.6. The van der Waals surface area contributed by atoms with E-state index in [1.165, 1.54) is 0 Å². The molecule has 1 aromatic carbocycles. The summed E-state index contributed by atoms with van der Waals surface area (Å²) in [4.78, 5) is 15.1. The van der Waals surface area contributed by atoms with Gasteiger partial charge in [-0.15, -0.1) is 11.3 Å². The fourth-order valence-corrected chi connectivity index (χ4v) is 5.51. The van der Waals surface area contributed by atoms with Crippen molar-refractivity contribution in [3.05, 3.63) is 72.9 Å². The number of aryl methyl sites for hydroxylation is 1. The molecular weight excluding hydrogens is 476 g/mol. The number of allylic oxidation sites excluding steroid dienone is 3. The topological polar surface area (TPSA) is 85.3 Å². The van der Waals surface area contributed by atoms with Crippen molar-refractivity contribution in [3.63, 3.8) is 0 Å². The highest BCUT2D eigenvalue weighted by atomic mass is 79.9. The van der Waals surface area contributed by atoms with Crippen molar-refractivity contribution in [3.8, 4) is 11.8 Å². The molecule has 0 unspecified atom stereocenters. The molecule has 2 aliphatic rings. The molecule has 1 aliphatic carbocycles. The lowest BCUT2D eigenvalue weighted by molar-refractivity contribution is -0.119. The minimum atomic E-state index is -0.484. The standard InChI is InChI=1S/C24H23BrN2O3S/c1-13-14(12-29-16-6-4-15(25)5-7-16)8-20(31-13)21-17(11-26)23(27)30-19-10-24(2,3)9-18(28)22(19)21/h4-8,21H,9-10,12,27H2,1-3H3/t21-/m1/s1. The van der Waals surface area contributed by atoms with Gasteiger partial charge in [0, 0.05) is 38.2 Å². The molecule has 0 radical (unpaired) electrons. The summed E-state index contributed by atoms with van der Waals surface area (Å²) in [5.74, 6) is 1.01. The Labute approximate surface area is 194 Å². The third kappa shape index (κ3) is 4.28. The number of nitrogens with two attached hydrogens (primary N) is 1. The number of thiophene rings is 1. The number of hydrogen-bond acceptors (Lipinski definition) is 6. The lowest BCUT2D eigenvalue weighted by Crippen LogP contribution is -2.33. The van der Waals surface area contributed by atoms with E-state index in [1.807, 2.05) is 51.1 Å². The molecule has 7 heteroatoms. The van der Waals surface area contributed by atoms with Gasteiger partial charge in [-0.1, -0.05) is 29.8 Å². The third-order valence-corrected chi connectivity index (χ3v) is 7.29. The molecule has 0 bridgehead atoms. The van der Waals surface area contributed by atoms with Crippen LogP contribution in [0.5, 0.6) is 5.75 Å². The van der Waals surface area contributed by atoms with Crippen LogP contribution < -0.4 is 10.5 Å². The number of carbonyl (C=O) groups excluding carboxylic acids is 1. The molecule has 5 nitrogen and oxygen atoms in total. The quantitative estimate of drug-likeness (QED) is 0.571. The number of carbonyl (C=O) groups is 1. The molecule has 31 heavy (non-hydrogen) atoms. The smallest absolute Gasteiger partial charge is 0.205 e. The van der Waals surface area contributed by atoms with E-state index in [4.69, 9.17) is 15.2 Å². The van der Waals surface area contributed by atoms with Crippen molar-refractivity contribution >= 4 is 33.0 Å². The first-order chi connectivity index (χ1) is 14.7. The molecule has 2 aromatic rings. The van der Waals surface area contributed by atoms with Crippen molar-refractivity contribution in [1.82, 2.24) is 0 Å². The first-order valence-electron chi connectivity index (χ1n) is 10.00. The van der Waals surface area contributed by atoms with E-state index in [0.29, 0.717) is 36.4 Å². The van der Waals surface area contributed by atoms with Gasteiger partial charge < -0.3 is 15.2 Å². The van der Waals surface area contributed by atoms with E-state index in [-0.39, 0.29) is 17.1 Å². The van der Waals surface area contributed by atoms with Crippen LogP contribution in [0.1, 0.15) is 47.9 Å². The van der Waals surface area contributed by atoms with Crippen LogP contribution in [0.15, 0.2) is 57.6 Å². The van der Waals surface area contributed by atoms with Crippen LogP contribution in [0.4, 0.5) is 0 Å². The van der Waals surface area contributed by atoms with Gasteiger partial charge >= 0.3 is 0 Å². The van der Waals surface area contributed by atoms with Crippen LogP contribution in [-0.4, -0.2) is 5.78 Å². The molecule has 2 heterocycles. The van der Waals surface area contributed by atoms with Gasteiger partial charge in [0.15, 0.2) is 5.78 Å². The first kappa shape index (κ1) is 21.7. The molecular formula is C24H23BrN2O3S. The summed E-state index contributed by atoms with van der Waals surface area (Å²) in [7, 11) is 0. The number of nitriles is 1. The Morgan fingerprint density at radius 1 is 1.32 bits per heavy atom. The number of Topliss-reactive ketones (excluding diaryl/α,β-unsaturated/α-hetero) is 1. The van der Waals surface area contributed by atoms with Crippen LogP contribution >= 0.6 is 27.3 Å².